The molecule has 1 atom stereocenters. The highest BCUT2D eigenvalue weighted by Crippen LogP contribution is 2.46. The molecule has 1 heterocycles. The number of halogens is 3. The molecule has 90 valence electrons. The Balaban J connectivity index is 2.65. The van der Waals surface area contributed by atoms with E-state index in [1.165, 1.54) is 31.2 Å². The molecule has 1 N–H and O–H groups in total. The Morgan fingerprint density at radius 2 is 1.76 bits per heavy atom. The lowest BCUT2D eigenvalue weighted by Crippen LogP contribution is -2.37. The van der Waals surface area contributed by atoms with Gasteiger partial charge in [0.05, 0.1) is 5.71 Å². The van der Waals surface area contributed by atoms with Crippen molar-refractivity contribution in [2.24, 2.45) is 4.99 Å². The summed E-state index contributed by atoms with van der Waals surface area (Å²) >= 11 is 0. The minimum atomic E-state index is -4.58. The number of rotatable bonds is 1. The Morgan fingerprint density at radius 1 is 1.18 bits per heavy atom. The van der Waals surface area contributed by atoms with E-state index >= 15 is 0 Å². The van der Waals surface area contributed by atoms with Crippen LogP contribution in [-0.2, 0) is 5.54 Å². The number of hydrogen-bond acceptors (Lipinski definition) is 2. The summed E-state index contributed by atoms with van der Waals surface area (Å²) in [7, 11) is 0. The van der Waals surface area contributed by atoms with Gasteiger partial charge in [-0.3, -0.25) is 4.99 Å². The first-order valence-corrected chi connectivity index (χ1v) is 4.98. The van der Waals surface area contributed by atoms with Crippen LogP contribution in [0.3, 0.4) is 0 Å². The molecule has 0 aromatic heterocycles. The lowest BCUT2D eigenvalue weighted by atomic mass is 9.90. The van der Waals surface area contributed by atoms with E-state index in [4.69, 9.17) is 0 Å². The van der Waals surface area contributed by atoms with Crippen molar-refractivity contribution in [2.75, 3.05) is 0 Å². The number of benzene rings is 1. The zero-order chi connectivity index (χ0) is 12.7. The van der Waals surface area contributed by atoms with Crippen LogP contribution in [0.15, 0.2) is 47.2 Å². The number of allylic oxidation sites excluding steroid dienone is 1. The van der Waals surface area contributed by atoms with Crippen molar-refractivity contribution >= 4 is 5.71 Å². The zero-order valence-corrected chi connectivity index (χ0v) is 8.99. The molecule has 2 rings (SSSR count). The maximum atomic E-state index is 13.2. The third-order valence-corrected chi connectivity index (χ3v) is 2.71. The molecule has 0 fully saturated rings. The predicted molar refractivity (Wildman–Crippen MR) is 58.0 cm³/mol. The second kappa shape index (κ2) is 3.61. The third-order valence-electron chi connectivity index (χ3n) is 2.71. The van der Waals surface area contributed by atoms with Crippen LogP contribution in [0.1, 0.15) is 12.5 Å². The van der Waals surface area contributed by atoms with Crippen molar-refractivity contribution in [3.8, 4) is 0 Å². The summed E-state index contributed by atoms with van der Waals surface area (Å²) in [5.74, 6) is -0.425. The van der Waals surface area contributed by atoms with Crippen LogP contribution < -0.4 is 0 Å². The molecule has 1 aromatic carbocycles. The van der Waals surface area contributed by atoms with Gasteiger partial charge in [0, 0.05) is 6.08 Å². The summed E-state index contributed by atoms with van der Waals surface area (Å²) in [4.78, 5) is 3.59. The van der Waals surface area contributed by atoms with Gasteiger partial charge in [-0.25, -0.2) is 0 Å². The standard InChI is InChI=1S/C12H10F3NO/c1-8-10(17)7-11(16-8,12(13,14)15)9-5-3-2-4-6-9/h2-7,17H,1H3. The molecule has 2 nitrogen and oxygen atoms in total. The normalized spacial score (nSPS) is 24.5. The van der Waals surface area contributed by atoms with E-state index in [9.17, 15) is 18.3 Å². The van der Waals surface area contributed by atoms with Crippen LogP contribution in [0, 0.1) is 0 Å². The average Bonchev–Trinajstić information content (AvgIpc) is 2.57. The quantitative estimate of drug-likeness (QED) is 0.803. The lowest BCUT2D eigenvalue weighted by Gasteiger charge is -2.27. The third kappa shape index (κ3) is 1.71. The van der Waals surface area contributed by atoms with Crippen molar-refractivity contribution in [2.45, 2.75) is 18.6 Å². The van der Waals surface area contributed by atoms with Gasteiger partial charge in [0.25, 0.3) is 0 Å². The molecule has 5 heteroatoms. The first-order valence-electron chi connectivity index (χ1n) is 4.98. The van der Waals surface area contributed by atoms with Crippen LogP contribution in [0.2, 0.25) is 0 Å². The Morgan fingerprint density at radius 3 is 2.18 bits per heavy atom. The fourth-order valence-corrected chi connectivity index (χ4v) is 1.81. The maximum absolute atomic E-state index is 13.2. The van der Waals surface area contributed by atoms with Crippen LogP contribution in [-0.4, -0.2) is 17.0 Å². The summed E-state index contributed by atoms with van der Waals surface area (Å²) in [6.45, 7) is 1.35. The Kier molecular flexibility index (Phi) is 2.49. The Hall–Kier alpha value is -1.78. The Labute approximate surface area is 96.1 Å². The number of nitrogens with zero attached hydrogens (tertiary/aromatic N) is 1. The van der Waals surface area contributed by atoms with Gasteiger partial charge in [-0.2, -0.15) is 13.2 Å². The van der Waals surface area contributed by atoms with Gasteiger partial charge in [-0.05, 0) is 12.5 Å². The summed E-state index contributed by atoms with van der Waals surface area (Å²) in [6, 6.07) is 7.34. The molecule has 1 aliphatic rings. The largest absolute Gasteiger partial charge is 0.506 e. The number of aliphatic hydroxyl groups is 1. The molecule has 0 spiro atoms. The Bertz CT molecular complexity index is 470. The minimum absolute atomic E-state index is 0.00380. The lowest BCUT2D eigenvalue weighted by molar-refractivity contribution is -0.173. The van der Waals surface area contributed by atoms with Crippen molar-refractivity contribution in [1.29, 1.82) is 0 Å². The van der Waals surface area contributed by atoms with Crippen LogP contribution in [0.5, 0.6) is 0 Å². The minimum Gasteiger partial charge on any atom is -0.506 e. The topological polar surface area (TPSA) is 32.6 Å². The SMILES string of the molecule is CC1=NC(c2ccccc2)(C(F)(F)F)C=C1O. The molecule has 0 bridgehead atoms. The fraction of sp³-hybridized carbons (Fsp3) is 0.250. The van der Waals surface area contributed by atoms with E-state index in [-0.39, 0.29) is 11.3 Å². The summed E-state index contributed by atoms with van der Waals surface area (Å²) in [5.41, 5.74) is -2.47. The summed E-state index contributed by atoms with van der Waals surface area (Å²) in [5, 5.41) is 9.39. The number of alkyl halides is 3. The van der Waals surface area contributed by atoms with Crippen molar-refractivity contribution < 1.29 is 18.3 Å². The number of hydrogen-bond donors (Lipinski definition) is 1. The molecule has 0 saturated carbocycles. The first kappa shape index (κ1) is 11.7. The second-order valence-corrected chi connectivity index (χ2v) is 3.86. The highest BCUT2D eigenvalue weighted by molar-refractivity contribution is 5.98. The van der Waals surface area contributed by atoms with E-state index in [2.05, 4.69) is 4.99 Å². The van der Waals surface area contributed by atoms with E-state index < -0.39 is 17.5 Å². The smallest absolute Gasteiger partial charge is 0.421 e. The summed E-state index contributed by atoms with van der Waals surface area (Å²) < 4.78 is 39.6. The van der Waals surface area contributed by atoms with Gasteiger partial charge in [0.2, 0.25) is 5.54 Å². The van der Waals surface area contributed by atoms with E-state index in [1.807, 2.05) is 0 Å². The molecular formula is C12H10F3NO. The molecule has 0 radical (unpaired) electrons. The van der Waals surface area contributed by atoms with Gasteiger partial charge in [-0.15, -0.1) is 0 Å². The van der Waals surface area contributed by atoms with Crippen molar-refractivity contribution in [3.63, 3.8) is 0 Å². The van der Waals surface area contributed by atoms with Crippen molar-refractivity contribution in [3.05, 3.63) is 47.7 Å². The van der Waals surface area contributed by atoms with E-state index in [1.54, 1.807) is 6.07 Å². The molecule has 1 aliphatic heterocycles. The molecule has 0 saturated heterocycles. The molecule has 17 heavy (non-hydrogen) atoms. The number of aliphatic imine (C=N–C) groups is 1. The highest BCUT2D eigenvalue weighted by atomic mass is 19.4. The molecular weight excluding hydrogens is 231 g/mol. The van der Waals surface area contributed by atoms with Gasteiger partial charge in [-0.1, -0.05) is 30.3 Å². The highest BCUT2D eigenvalue weighted by Gasteiger charge is 2.57. The van der Waals surface area contributed by atoms with E-state index in [0.29, 0.717) is 0 Å². The zero-order valence-electron chi connectivity index (χ0n) is 8.99. The van der Waals surface area contributed by atoms with E-state index in [0.717, 1.165) is 6.08 Å². The van der Waals surface area contributed by atoms with Gasteiger partial charge in [0.1, 0.15) is 5.76 Å². The van der Waals surface area contributed by atoms with Crippen molar-refractivity contribution in [1.82, 2.24) is 0 Å². The van der Waals surface area contributed by atoms with Gasteiger partial charge >= 0.3 is 6.18 Å². The van der Waals surface area contributed by atoms with Crippen LogP contribution >= 0.6 is 0 Å². The average molecular weight is 241 g/mol. The molecule has 1 aromatic rings. The predicted octanol–water partition coefficient (Wildman–Crippen LogP) is 3.36. The maximum Gasteiger partial charge on any atom is 0.421 e. The first-order chi connectivity index (χ1) is 7.87. The molecule has 0 amide bonds. The second-order valence-electron chi connectivity index (χ2n) is 3.86. The molecule has 1 unspecified atom stereocenters. The van der Waals surface area contributed by atoms with Crippen LogP contribution in [0.4, 0.5) is 13.2 Å². The van der Waals surface area contributed by atoms with Crippen LogP contribution in [0.25, 0.3) is 0 Å². The molecule has 0 aliphatic carbocycles. The van der Waals surface area contributed by atoms with Gasteiger partial charge in [0.15, 0.2) is 0 Å². The number of aliphatic hydroxyl groups excluding tert-OH is 1. The summed E-state index contributed by atoms with van der Waals surface area (Å²) in [6.07, 6.45) is -3.84. The fourth-order valence-electron chi connectivity index (χ4n) is 1.81. The monoisotopic (exact) mass is 241 g/mol. The van der Waals surface area contributed by atoms with Gasteiger partial charge < -0.3 is 5.11 Å².